The lowest BCUT2D eigenvalue weighted by molar-refractivity contribution is -0.140. The zero-order valence-electron chi connectivity index (χ0n) is 15.7. The Morgan fingerprint density at radius 3 is 2.38 bits per heavy atom. The monoisotopic (exact) mass is 442 g/mol. The molecule has 1 N–H and O–H groups in total. The van der Waals surface area contributed by atoms with Gasteiger partial charge in [-0.2, -0.15) is 13.2 Å². The highest BCUT2D eigenvalue weighted by Gasteiger charge is 2.36. The normalized spacial score (nSPS) is 20.1. The van der Waals surface area contributed by atoms with Crippen LogP contribution in [0.25, 0.3) is 0 Å². The molecule has 4 nitrogen and oxygen atoms in total. The van der Waals surface area contributed by atoms with Gasteiger partial charge in [-0.3, -0.25) is 4.79 Å². The van der Waals surface area contributed by atoms with Crippen LogP contribution in [0.5, 0.6) is 5.75 Å². The molecule has 0 atom stereocenters. The van der Waals surface area contributed by atoms with Gasteiger partial charge in [-0.05, 0) is 55.6 Å². The van der Waals surface area contributed by atoms with E-state index in [1.165, 1.54) is 11.0 Å². The molecule has 0 radical (unpaired) electrons. The predicted octanol–water partition coefficient (Wildman–Crippen LogP) is 4.23. The molecule has 0 bridgehead atoms. The fourth-order valence-corrected chi connectivity index (χ4v) is 3.62. The molecule has 10 heteroatoms. The molecule has 3 rings (SSSR count). The SMILES string of the molecule is Cl.O=C(COc1ccc(C(F)(F)F)cc1C1CCNCC1)N1CCC(F)(F)CC1. The molecular formula is C19H24ClF5N2O2. The minimum atomic E-state index is -4.46. The number of hydrogen-bond donors (Lipinski definition) is 1. The second-order valence-corrected chi connectivity index (χ2v) is 7.30. The number of carbonyl (C=O) groups is 1. The van der Waals surface area contributed by atoms with Crippen LogP contribution < -0.4 is 10.1 Å². The Labute approximate surface area is 172 Å². The van der Waals surface area contributed by atoms with E-state index in [0.717, 1.165) is 12.1 Å². The van der Waals surface area contributed by atoms with Crippen LogP contribution in [0.2, 0.25) is 0 Å². The Bertz CT molecular complexity index is 698. The summed E-state index contributed by atoms with van der Waals surface area (Å²) in [6.07, 6.45) is -3.90. The van der Waals surface area contributed by atoms with Crippen LogP contribution in [0, 0.1) is 0 Å². The Hall–Kier alpha value is -1.61. The smallest absolute Gasteiger partial charge is 0.416 e. The minimum Gasteiger partial charge on any atom is -0.483 e. The van der Waals surface area contributed by atoms with Gasteiger partial charge < -0.3 is 15.0 Å². The maximum absolute atomic E-state index is 13.2. The van der Waals surface area contributed by atoms with Gasteiger partial charge in [0.1, 0.15) is 5.75 Å². The first-order chi connectivity index (χ1) is 13.2. The van der Waals surface area contributed by atoms with Gasteiger partial charge in [0.05, 0.1) is 5.56 Å². The van der Waals surface area contributed by atoms with Crippen molar-refractivity contribution in [2.75, 3.05) is 32.8 Å². The van der Waals surface area contributed by atoms with Crippen LogP contribution in [-0.4, -0.2) is 49.5 Å². The van der Waals surface area contributed by atoms with E-state index in [0.29, 0.717) is 31.5 Å². The molecule has 1 aromatic rings. The molecule has 2 saturated heterocycles. The molecule has 1 aromatic carbocycles. The van der Waals surface area contributed by atoms with Crippen LogP contribution in [0.1, 0.15) is 42.7 Å². The van der Waals surface area contributed by atoms with Crippen molar-refractivity contribution >= 4 is 18.3 Å². The van der Waals surface area contributed by atoms with Gasteiger partial charge in [0, 0.05) is 25.9 Å². The molecule has 1 amide bonds. The molecule has 164 valence electrons. The number of halogens is 6. The third-order valence-electron chi connectivity index (χ3n) is 5.31. The molecular weight excluding hydrogens is 419 g/mol. The topological polar surface area (TPSA) is 41.6 Å². The lowest BCUT2D eigenvalue weighted by Gasteiger charge is -2.32. The van der Waals surface area contributed by atoms with E-state index in [9.17, 15) is 26.7 Å². The van der Waals surface area contributed by atoms with Gasteiger partial charge in [-0.1, -0.05) is 0 Å². The summed E-state index contributed by atoms with van der Waals surface area (Å²) in [6, 6.07) is 3.28. The number of rotatable bonds is 4. The summed E-state index contributed by atoms with van der Waals surface area (Å²) in [6.45, 7) is 0.907. The van der Waals surface area contributed by atoms with Crippen LogP contribution >= 0.6 is 12.4 Å². The number of carbonyl (C=O) groups excluding carboxylic acids is 1. The lowest BCUT2D eigenvalue weighted by Crippen LogP contribution is -2.44. The molecule has 0 spiro atoms. The summed E-state index contributed by atoms with van der Waals surface area (Å²) in [4.78, 5) is 13.6. The first-order valence-electron chi connectivity index (χ1n) is 9.36. The second-order valence-electron chi connectivity index (χ2n) is 7.30. The highest BCUT2D eigenvalue weighted by molar-refractivity contribution is 5.85. The van der Waals surface area contributed by atoms with Crippen molar-refractivity contribution in [1.29, 1.82) is 0 Å². The molecule has 0 aromatic heterocycles. The summed E-state index contributed by atoms with van der Waals surface area (Å²) < 4.78 is 71.3. The zero-order chi connectivity index (χ0) is 20.4. The molecule has 2 fully saturated rings. The minimum absolute atomic E-state index is 0. The molecule has 0 unspecified atom stereocenters. The largest absolute Gasteiger partial charge is 0.483 e. The van der Waals surface area contributed by atoms with E-state index in [1.807, 2.05) is 0 Å². The fraction of sp³-hybridized carbons (Fsp3) is 0.632. The quantitative estimate of drug-likeness (QED) is 0.709. The lowest BCUT2D eigenvalue weighted by atomic mass is 9.88. The number of amides is 1. The molecule has 29 heavy (non-hydrogen) atoms. The maximum atomic E-state index is 13.2. The van der Waals surface area contributed by atoms with Crippen LogP contribution in [0.4, 0.5) is 22.0 Å². The number of alkyl halides is 5. The van der Waals surface area contributed by atoms with Crippen molar-refractivity contribution in [1.82, 2.24) is 10.2 Å². The Balaban J connectivity index is 0.00000300. The zero-order valence-corrected chi connectivity index (χ0v) is 16.6. The molecule has 2 aliphatic heterocycles. The number of ether oxygens (including phenoxy) is 1. The molecule has 0 saturated carbocycles. The summed E-state index contributed by atoms with van der Waals surface area (Å²) in [5, 5.41) is 3.16. The van der Waals surface area contributed by atoms with Crippen LogP contribution in [0.15, 0.2) is 18.2 Å². The van der Waals surface area contributed by atoms with E-state index >= 15 is 0 Å². The number of likely N-dealkylation sites (tertiary alicyclic amines) is 1. The van der Waals surface area contributed by atoms with Crippen molar-refractivity contribution in [2.24, 2.45) is 0 Å². The van der Waals surface area contributed by atoms with Crippen molar-refractivity contribution < 1.29 is 31.5 Å². The van der Waals surface area contributed by atoms with Gasteiger partial charge in [0.2, 0.25) is 0 Å². The van der Waals surface area contributed by atoms with Crippen molar-refractivity contribution in [3.8, 4) is 5.75 Å². The second kappa shape index (κ2) is 9.47. The van der Waals surface area contributed by atoms with Gasteiger partial charge in [0.15, 0.2) is 6.61 Å². The maximum Gasteiger partial charge on any atom is 0.416 e. The van der Waals surface area contributed by atoms with Crippen LogP contribution in [0.3, 0.4) is 0 Å². The predicted molar refractivity (Wildman–Crippen MR) is 99.8 cm³/mol. The Kier molecular flexibility index (Phi) is 7.73. The van der Waals surface area contributed by atoms with Gasteiger partial charge >= 0.3 is 6.18 Å². The van der Waals surface area contributed by atoms with E-state index in [4.69, 9.17) is 4.74 Å². The van der Waals surface area contributed by atoms with Gasteiger partial charge in [0.25, 0.3) is 11.8 Å². The van der Waals surface area contributed by atoms with E-state index in [1.54, 1.807) is 0 Å². The van der Waals surface area contributed by atoms with E-state index in [2.05, 4.69) is 5.32 Å². The standard InChI is InChI=1S/C19H23F5N2O2.ClH/c20-18(21)5-9-26(10-6-18)17(27)12-28-16-2-1-14(19(22,23)24)11-15(16)13-3-7-25-8-4-13;/h1-2,11,13,25H,3-10,12H2;1H. The van der Waals surface area contributed by atoms with Crippen molar-refractivity contribution in [3.63, 3.8) is 0 Å². The van der Waals surface area contributed by atoms with Crippen molar-refractivity contribution in [2.45, 2.75) is 43.7 Å². The molecule has 2 heterocycles. The highest BCUT2D eigenvalue weighted by Crippen LogP contribution is 2.38. The Morgan fingerprint density at radius 2 is 1.79 bits per heavy atom. The molecule has 0 aliphatic carbocycles. The average molecular weight is 443 g/mol. The molecule has 2 aliphatic rings. The first kappa shape index (κ1) is 23.7. The third kappa shape index (κ3) is 6.18. The van der Waals surface area contributed by atoms with E-state index < -0.39 is 23.6 Å². The average Bonchev–Trinajstić information content (AvgIpc) is 2.66. The summed E-state index contributed by atoms with van der Waals surface area (Å²) in [5.41, 5.74) is -0.313. The summed E-state index contributed by atoms with van der Waals surface area (Å²) >= 11 is 0. The first-order valence-corrected chi connectivity index (χ1v) is 9.36. The summed E-state index contributed by atoms with van der Waals surface area (Å²) in [7, 11) is 0. The number of benzene rings is 1. The van der Waals surface area contributed by atoms with E-state index in [-0.39, 0.29) is 56.6 Å². The number of nitrogens with one attached hydrogen (secondary N) is 1. The Morgan fingerprint density at radius 1 is 1.17 bits per heavy atom. The highest BCUT2D eigenvalue weighted by atomic mass is 35.5. The third-order valence-corrected chi connectivity index (χ3v) is 5.31. The van der Waals surface area contributed by atoms with Crippen LogP contribution in [-0.2, 0) is 11.0 Å². The summed E-state index contributed by atoms with van der Waals surface area (Å²) in [5.74, 6) is -3.04. The number of piperidine rings is 2. The number of hydrogen-bond acceptors (Lipinski definition) is 3. The van der Waals surface area contributed by atoms with Crippen molar-refractivity contribution in [3.05, 3.63) is 29.3 Å². The van der Waals surface area contributed by atoms with Gasteiger partial charge in [-0.25, -0.2) is 8.78 Å². The van der Waals surface area contributed by atoms with Gasteiger partial charge in [-0.15, -0.1) is 12.4 Å². The number of nitrogens with zero attached hydrogens (tertiary/aromatic N) is 1. The fourth-order valence-electron chi connectivity index (χ4n) is 3.62.